The van der Waals surface area contributed by atoms with E-state index in [1.807, 2.05) is 6.07 Å². The van der Waals surface area contributed by atoms with Crippen LogP contribution in [0.4, 0.5) is 11.4 Å². The molecule has 0 aliphatic rings. The molecule has 0 radical (unpaired) electrons. The summed E-state index contributed by atoms with van der Waals surface area (Å²) in [4.78, 5) is 12.6. The smallest absolute Gasteiger partial charge is 0.264 e. The predicted octanol–water partition coefficient (Wildman–Crippen LogP) is 3.64. The van der Waals surface area contributed by atoms with Crippen LogP contribution in [0.1, 0.15) is 15.9 Å². The molecule has 30 heavy (non-hydrogen) atoms. The highest BCUT2D eigenvalue weighted by Gasteiger charge is 2.22. The van der Waals surface area contributed by atoms with Crippen LogP contribution in [0.2, 0.25) is 0 Å². The number of nitriles is 1. The maximum atomic E-state index is 13.0. The number of amides is 1. The molecule has 0 saturated carbocycles. The molecule has 0 atom stereocenters. The summed E-state index contributed by atoms with van der Waals surface area (Å²) in [5.74, 6) is 0.137. The Morgan fingerprint density at radius 1 is 1.03 bits per heavy atom. The molecule has 1 amide bonds. The molecule has 0 heterocycles. The minimum Gasteiger partial charge on any atom is -0.497 e. The van der Waals surface area contributed by atoms with E-state index in [9.17, 15) is 13.2 Å². The Bertz CT molecular complexity index is 1220. The summed E-state index contributed by atoms with van der Waals surface area (Å²) in [6, 6.07) is 20.8. The zero-order valence-electron chi connectivity index (χ0n) is 16.4. The Labute approximate surface area is 175 Å². The highest BCUT2D eigenvalue weighted by molar-refractivity contribution is 7.92. The Morgan fingerprint density at radius 2 is 1.73 bits per heavy atom. The standard InChI is InChI=1S/C22H19N3O4S/c1-25(19-9-11-20(29-2)12-10-19)30(27,28)21-8-4-6-17(14-21)22(26)24-18-7-3-5-16(13-18)15-23/h3-14H,1-2H3,(H,24,26). The van der Waals surface area contributed by atoms with Crippen molar-refractivity contribution in [3.05, 3.63) is 83.9 Å². The molecule has 0 spiro atoms. The fraction of sp³-hybridized carbons (Fsp3) is 0.0909. The number of rotatable bonds is 6. The van der Waals surface area contributed by atoms with Gasteiger partial charge < -0.3 is 10.1 Å². The molecule has 0 fully saturated rings. The van der Waals surface area contributed by atoms with Crippen molar-refractivity contribution < 1.29 is 17.9 Å². The number of hydrogen-bond acceptors (Lipinski definition) is 5. The second kappa shape index (κ2) is 8.68. The first-order valence-electron chi connectivity index (χ1n) is 8.90. The van der Waals surface area contributed by atoms with Crippen molar-refractivity contribution in [3.8, 4) is 11.8 Å². The van der Waals surface area contributed by atoms with Gasteiger partial charge in [-0.3, -0.25) is 9.10 Å². The largest absolute Gasteiger partial charge is 0.497 e. The minimum atomic E-state index is -3.88. The maximum Gasteiger partial charge on any atom is 0.264 e. The van der Waals surface area contributed by atoms with Gasteiger partial charge in [-0.15, -0.1) is 0 Å². The van der Waals surface area contributed by atoms with E-state index in [1.165, 1.54) is 44.5 Å². The van der Waals surface area contributed by atoms with Gasteiger partial charge in [0.2, 0.25) is 0 Å². The Kier molecular flexibility index (Phi) is 6.04. The second-order valence-electron chi connectivity index (χ2n) is 6.35. The zero-order chi connectivity index (χ0) is 21.7. The third kappa shape index (κ3) is 4.42. The highest BCUT2D eigenvalue weighted by Crippen LogP contribution is 2.25. The Hall–Kier alpha value is -3.83. The number of nitrogens with one attached hydrogen (secondary N) is 1. The normalized spacial score (nSPS) is 10.7. The van der Waals surface area contributed by atoms with Crippen LogP contribution in [-0.2, 0) is 10.0 Å². The molecule has 0 aromatic heterocycles. The van der Waals surface area contributed by atoms with Crippen LogP contribution in [0.15, 0.2) is 77.7 Å². The van der Waals surface area contributed by atoms with Crippen LogP contribution in [0.5, 0.6) is 5.75 Å². The van der Waals surface area contributed by atoms with Crippen LogP contribution in [0.3, 0.4) is 0 Å². The SMILES string of the molecule is COc1ccc(N(C)S(=O)(=O)c2cccc(C(=O)Nc3cccc(C#N)c3)c2)cc1. The zero-order valence-corrected chi connectivity index (χ0v) is 17.2. The van der Waals surface area contributed by atoms with Gasteiger partial charge in [-0.25, -0.2) is 8.42 Å². The number of ether oxygens (including phenoxy) is 1. The molecule has 0 aliphatic carbocycles. The molecule has 3 aromatic carbocycles. The fourth-order valence-electron chi connectivity index (χ4n) is 2.76. The summed E-state index contributed by atoms with van der Waals surface area (Å²) in [5.41, 5.74) is 1.49. The summed E-state index contributed by atoms with van der Waals surface area (Å²) >= 11 is 0. The minimum absolute atomic E-state index is 0.0146. The quantitative estimate of drug-likeness (QED) is 0.655. The van der Waals surface area contributed by atoms with Gasteiger partial charge in [-0.05, 0) is 60.7 Å². The van der Waals surface area contributed by atoms with Gasteiger partial charge in [0.1, 0.15) is 5.75 Å². The Balaban J connectivity index is 1.85. The third-order valence-electron chi connectivity index (χ3n) is 4.44. The molecule has 0 aliphatic heterocycles. The summed E-state index contributed by atoms with van der Waals surface area (Å²) in [6.45, 7) is 0. The number of hydrogen-bond donors (Lipinski definition) is 1. The van der Waals surface area contributed by atoms with E-state index in [2.05, 4.69) is 5.32 Å². The van der Waals surface area contributed by atoms with Crippen molar-refractivity contribution in [1.82, 2.24) is 0 Å². The summed E-state index contributed by atoms with van der Waals surface area (Å²) < 4.78 is 32.3. The number of anilines is 2. The van der Waals surface area contributed by atoms with Gasteiger partial charge in [0, 0.05) is 18.3 Å². The van der Waals surface area contributed by atoms with Crippen molar-refractivity contribution in [2.24, 2.45) is 0 Å². The molecule has 1 N–H and O–H groups in total. The van der Waals surface area contributed by atoms with Crippen molar-refractivity contribution in [3.63, 3.8) is 0 Å². The number of sulfonamides is 1. The van der Waals surface area contributed by atoms with Crippen LogP contribution in [0, 0.1) is 11.3 Å². The monoisotopic (exact) mass is 421 g/mol. The molecule has 0 unspecified atom stereocenters. The van der Waals surface area contributed by atoms with Gasteiger partial charge in [0.05, 0.1) is 29.3 Å². The van der Waals surface area contributed by atoms with Crippen LogP contribution < -0.4 is 14.4 Å². The average Bonchev–Trinajstić information content (AvgIpc) is 2.78. The molecule has 3 aromatic rings. The van der Waals surface area contributed by atoms with Gasteiger partial charge in [0.15, 0.2) is 0 Å². The van der Waals surface area contributed by atoms with Crippen molar-refractivity contribution in [2.75, 3.05) is 23.8 Å². The van der Waals surface area contributed by atoms with E-state index in [0.29, 0.717) is 22.7 Å². The van der Waals surface area contributed by atoms with Gasteiger partial charge in [0.25, 0.3) is 15.9 Å². The molecule has 7 nitrogen and oxygen atoms in total. The number of benzene rings is 3. The van der Waals surface area contributed by atoms with E-state index in [0.717, 1.165) is 4.31 Å². The Morgan fingerprint density at radius 3 is 2.40 bits per heavy atom. The summed E-state index contributed by atoms with van der Waals surface area (Å²) in [7, 11) is -0.910. The van der Waals surface area contributed by atoms with E-state index < -0.39 is 15.9 Å². The molecule has 0 saturated heterocycles. The number of carbonyl (C=O) groups excluding carboxylic acids is 1. The van der Waals surface area contributed by atoms with Crippen molar-refractivity contribution in [1.29, 1.82) is 5.26 Å². The van der Waals surface area contributed by atoms with Gasteiger partial charge in [-0.2, -0.15) is 5.26 Å². The molecular formula is C22H19N3O4S. The lowest BCUT2D eigenvalue weighted by atomic mass is 10.2. The molecule has 0 bridgehead atoms. The van der Waals surface area contributed by atoms with Crippen molar-refractivity contribution >= 4 is 27.3 Å². The summed E-state index contributed by atoms with van der Waals surface area (Å²) in [6.07, 6.45) is 0. The van der Waals surface area contributed by atoms with Crippen LogP contribution in [0.25, 0.3) is 0 Å². The lowest BCUT2D eigenvalue weighted by molar-refractivity contribution is 0.102. The lowest BCUT2D eigenvalue weighted by Gasteiger charge is -2.20. The predicted molar refractivity (Wildman–Crippen MR) is 114 cm³/mol. The van der Waals surface area contributed by atoms with E-state index in [-0.39, 0.29) is 10.5 Å². The summed E-state index contributed by atoms with van der Waals surface area (Å²) in [5, 5.41) is 11.6. The topological polar surface area (TPSA) is 99.5 Å². The van der Waals surface area contributed by atoms with E-state index >= 15 is 0 Å². The molecule has 152 valence electrons. The van der Waals surface area contributed by atoms with Gasteiger partial charge >= 0.3 is 0 Å². The first kappa shape index (κ1) is 20.9. The second-order valence-corrected chi connectivity index (χ2v) is 8.31. The number of nitrogens with zero attached hydrogens (tertiary/aromatic N) is 2. The molecular weight excluding hydrogens is 402 g/mol. The van der Waals surface area contributed by atoms with Crippen LogP contribution in [-0.4, -0.2) is 28.5 Å². The van der Waals surface area contributed by atoms with Crippen LogP contribution >= 0.6 is 0 Å². The maximum absolute atomic E-state index is 13.0. The first-order chi connectivity index (χ1) is 14.3. The van der Waals surface area contributed by atoms with E-state index in [1.54, 1.807) is 42.5 Å². The highest BCUT2D eigenvalue weighted by atomic mass is 32.2. The van der Waals surface area contributed by atoms with Crippen molar-refractivity contribution in [2.45, 2.75) is 4.90 Å². The molecule has 8 heteroatoms. The third-order valence-corrected chi connectivity index (χ3v) is 6.22. The number of methoxy groups -OCH3 is 1. The number of carbonyl (C=O) groups is 1. The van der Waals surface area contributed by atoms with Gasteiger partial charge in [-0.1, -0.05) is 12.1 Å². The lowest BCUT2D eigenvalue weighted by Crippen LogP contribution is -2.26. The molecule has 3 rings (SSSR count). The average molecular weight is 421 g/mol. The first-order valence-corrected chi connectivity index (χ1v) is 10.3. The van der Waals surface area contributed by atoms with E-state index in [4.69, 9.17) is 10.00 Å². The fourth-order valence-corrected chi connectivity index (χ4v) is 4.00.